The number of unbranched alkanes of at least 4 members (excludes halogenated alkanes) is 1. The lowest BCUT2D eigenvalue weighted by atomic mass is 10.1. The summed E-state index contributed by atoms with van der Waals surface area (Å²) < 4.78 is 1.23. The van der Waals surface area contributed by atoms with Crippen molar-refractivity contribution in [1.29, 1.82) is 0 Å². The average Bonchev–Trinajstić information content (AvgIpc) is 2.12. The molecule has 0 saturated carbocycles. The molecular weight excluding hydrogens is 291 g/mol. The normalized spacial score (nSPS) is 10.1. The van der Waals surface area contributed by atoms with Crippen molar-refractivity contribution in [2.24, 2.45) is 0 Å². The lowest BCUT2D eigenvalue weighted by Crippen LogP contribution is -1.94. The number of aryl methyl sites for hydroxylation is 1. The van der Waals surface area contributed by atoms with Crippen molar-refractivity contribution in [3.05, 3.63) is 33.4 Å². The summed E-state index contributed by atoms with van der Waals surface area (Å²) in [6, 6.07) is 8.32. The van der Waals surface area contributed by atoms with E-state index in [1.807, 2.05) is 6.07 Å². The first kappa shape index (κ1) is 11.5. The fraction of sp³-hybridized carbons (Fsp3) is 0.364. The third-order valence-corrected chi connectivity index (χ3v) is 2.67. The molecule has 0 aliphatic heterocycles. The Balaban J connectivity index is 2.28. The maximum atomic E-state index is 10.3. The summed E-state index contributed by atoms with van der Waals surface area (Å²) in [5.74, 6) is -0.701. The smallest absolute Gasteiger partial charge is 0.303 e. The molecule has 0 atom stereocenters. The van der Waals surface area contributed by atoms with Crippen molar-refractivity contribution < 1.29 is 9.90 Å². The maximum Gasteiger partial charge on any atom is 0.303 e. The molecule has 14 heavy (non-hydrogen) atoms. The molecule has 0 fully saturated rings. The zero-order valence-corrected chi connectivity index (χ0v) is 10.0. The second-order valence-corrected chi connectivity index (χ2v) is 4.48. The first-order valence-corrected chi connectivity index (χ1v) is 5.72. The standard InChI is InChI=1S/C11H13IO2/c12-10-6-3-5-9(8-10)4-1-2-7-11(13)14/h3,5-6,8H,1-2,4,7H2,(H,13,14). The van der Waals surface area contributed by atoms with E-state index in [-0.39, 0.29) is 6.42 Å². The van der Waals surface area contributed by atoms with Crippen LogP contribution in [0.2, 0.25) is 0 Å². The molecule has 0 amide bonds. The van der Waals surface area contributed by atoms with Crippen LogP contribution in [0.4, 0.5) is 0 Å². The quantitative estimate of drug-likeness (QED) is 0.670. The van der Waals surface area contributed by atoms with E-state index < -0.39 is 5.97 Å². The molecule has 0 unspecified atom stereocenters. The van der Waals surface area contributed by atoms with Crippen molar-refractivity contribution in [1.82, 2.24) is 0 Å². The van der Waals surface area contributed by atoms with Crippen LogP contribution in [0.1, 0.15) is 24.8 Å². The number of benzene rings is 1. The van der Waals surface area contributed by atoms with Crippen LogP contribution < -0.4 is 0 Å². The van der Waals surface area contributed by atoms with Gasteiger partial charge in [-0.05, 0) is 59.5 Å². The number of hydrogen-bond donors (Lipinski definition) is 1. The summed E-state index contributed by atoms with van der Waals surface area (Å²) >= 11 is 2.28. The minimum absolute atomic E-state index is 0.282. The second kappa shape index (κ2) is 6.01. The fourth-order valence-electron chi connectivity index (χ4n) is 1.30. The highest BCUT2D eigenvalue weighted by atomic mass is 127. The third-order valence-electron chi connectivity index (χ3n) is 2.00. The van der Waals surface area contributed by atoms with E-state index in [0.717, 1.165) is 19.3 Å². The Kier molecular flexibility index (Phi) is 4.93. The van der Waals surface area contributed by atoms with E-state index in [4.69, 9.17) is 5.11 Å². The van der Waals surface area contributed by atoms with Gasteiger partial charge in [0.2, 0.25) is 0 Å². The Bertz CT molecular complexity index is 310. The number of carbonyl (C=O) groups is 1. The number of hydrogen-bond acceptors (Lipinski definition) is 1. The molecule has 0 aliphatic carbocycles. The molecule has 3 heteroatoms. The van der Waals surface area contributed by atoms with E-state index in [0.29, 0.717) is 0 Å². The van der Waals surface area contributed by atoms with Crippen LogP contribution in [-0.4, -0.2) is 11.1 Å². The summed E-state index contributed by atoms with van der Waals surface area (Å²) in [6.45, 7) is 0. The fourth-order valence-corrected chi connectivity index (χ4v) is 1.91. The van der Waals surface area contributed by atoms with Crippen LogP contribution in [0.3, 0.4) is 0 Å². The van der Waals surface area contributed by atoms with E-state index in [2.05, 4.69) is 40.8 Å². The van der Waals surface area contributed by atoms with Gasteiger partial charge in [-0.3, -0.25) is 4.79 Å². The van der Waals surface area contributed by atoms with Crippen molar-refractivity contribution in [2.75, 3.05) is 0 Å². The van der Waals surface area contributed by atoms with Gasteiger partial charge in [0.1, 0.15) is 0 Å². The number of rotatable bonds is 5. The molecule has 1 aromatic rings. The zero-order valence-electron chi connectivity index (χ0n) is 7.87. The van der Waals surface area contributed by atoms with Crippen LogP contribution in [-0.2, 0) is 11.2 Å². The van der Waals surface area contributed by atoms with Gasteiger partial charge in [0.05, 0.1) is 0 Å². The number of halogens is 1. The van der Waals surface area contributed by atoms with Crippen LogP contribution in [0.15, 0.2) is 24.3 Å². The Labute approximate surface area is 97.5 Å². The van der Waals surface area contributed by atoms with Gasteiger partial charge in [0, 0.05) is 9.99 Å². The maximum absolute atomic E-state index is 10.3. The predicted octanol–water partition coefficient (Wildman–Crippen LogP) is 3.09. The van der Waals surface area contributed by atoms with Crippen LogP contribution in [0.5, 0.6) is 0 Å². The lowest BCUT2D eigenvalue weighted by Gasteiger charge is -2.00. The van der Waals surface area contributed by atoms with Crippen molar-refractivity contribution >= 4 is 28.6 Å². The van der Waals surface area contributed by atoms with Crippen molar-refractivity contribution in [2.45, 2.75) is 25.7 Å². The molecule has 2 nitrogen and oxygen atoms in total. The molecule has 76 valence electrons. The van der Waals surface area contributed by atoms with Gasteiger partial charge in [-0.2, -0.15) is 0 Å². The van der Waals surface area contributed by atoms with Gasteiger partial charge in [0.25, 0.3) is 0 Å². The van der Waals surface area contributed by atoms with Gasteiger partial charge < -0.3 is 5.11 Å². The van der Waals surface area contributed by atoms with Crippen LogP contribution in [0.25, 0.3) is 0 Å². The second-order valence-electron chi connectivity index (χ2n) is 3.23. The summed E-state index contributed by atoms with van der Waals surface area (Å²) in [5.41, 5.74) is 1.29. The molecule has 0 aliphatic rings. The molecule has 0 spiro atoms. The SMILES string of the molecule is O=C(O)CCCCc1cccc(I)c1. The first-order chi connectivity index (χ1) is 6.68. The van der Waals surface area contributed by atoms with Gasteiger partial charge in [-0.15, -0.1) is 0 Å². The molecule has 1 rings (SSSR count). The molecule has 1 aromatic carbocycles. The van der Waals surface area contributed by atoms with Crippen molar-refractivity contribution in [3.63, 3.8) is 0 Å². The minimum atomic E-state index is -0.701. The summed E-state index contributed by atoms with van der Waals surface area (Å²) in [5, 5.41) is 8.45. The number of carboxylic acid groups (broad SMARTS) is 1. The topological polar surface area (TPSA) is 37.3 Å². The monoisotopic (exact) mass is 304 g/mol. The van der Waals surface area contributed by atoms with Crippen LogP contribution in [0, 0.1) is 3.57 Å². The Morgan fingerprint density at radius 1 is 1.36 bits per heavy atom. The van der Waals surface area contributed by atoms with Crippen molar-refractivity contribution in [3.8, 4) is 0 Å². The summed E-state index contributed by atoms with van der Waals surface area (Å²) in [7, 11) is 0. The number of carboxylic acids is 1. The van der Waals surface area contributed by atoms with E-state index in [1.165, 1.54) is 9.13 Å². The zero-order chi connectivity index (χ0) is 10.4. The summed E-state index contributed by atoms with van der Waals surface area (Å²) in [6.07, 6.45) is 2.97. The molecule has 0 radical (unpaired) electrons. The van der Waals surface area contributed by atoms with E-state index >= 15 is 0 Å². The highest BCUT2D eigenvalue weighted by Gasteiger charge is 1.98. The van der Waals surface area contributed by atoms with Crippen LogP contribution >= 0.6 is 22.6 Å². The largest absolute Gasteiger partial charge is 0.481 e. The average molecular weight is 304 g/mol. The molecule has 0 heterocycles. The number of aliphatic carboxylic acids is 1. The summed E-state index contributed by atoms with van der Waals surface area (Å²) in [4.78, 5) is 10.3. The molecule has 0 aromatic heterocycles. The van der Waals surface area contributed by atoms with Gasteiger partial charge >= 0.3 is 5.97 Å². The Morgan fingerprint density at radius 3 is 2.79 bits per heavy atom. The first-order valence-electron chi connectivity index (χ1n) is 4.65. The highest BCUT2D eigenvalue weighted by Crippen LogP contribution is 2.11. The highest BCUT2D eigenvalue weighted by molar-refractivity contribution is 14.1. The predicted molar refractivity (Wildman–Crippen MR) is 64.3 cm³/mol. The van der Waals surface area contributed by atoms with Gasteiger partial charge in [-0.25, -0.2) is 0 Å². The third kappa shape index (κ3) is 4.60. The van der Waals surface area contributed by atoms with E-state index in [9.17, 15) is 4.79 Å². The van der Waals surface area contributed by atoms with Gasteiger partial charge in [0.15, 0.2) is 0 Å². The molecule has 1 N–H and O–H groups in total. The Hall–Kier alpha value is -0.580. The Morgan fingerprint density at radius 2 is 2.14 bits per heavy atom. The van der Waals surface area contributed by atoms with Gasteiger partial charge in [-0.1, -0.05) is 12.1 Å². The minimum Gasteiger partial charge on any atom is -0.481 e. The molecular formula is C11H13IO2. The van der Waals surface area contributed by atoms with E-state index in [1.54, 1.807) is 0 Å². The molecule has 0 bridgehead atoms. The lowest BCUT2D eigenvalue weighted by molar-refractivity contribution is -0.137. The molecule has 0 saturated heterocycles.